The summed E-state index contributed by atoms with van der Waals surface area (Å²) in [6, 6.07) is 6.70. The Labute approximate surface area is 156 Å². The van der Waals surface area contributed by atoms with E-state index < -0.39 is 0 Å². The van der Waals surface area contributed by atoms with E-state index >= 15 is 0 Å². The van der Waals surface area contributed by atoms with Gasteiger partial charge in [-0.25, -0.2) is 14.3 Å². The highest BCUT2D eigenvalue weighted by Crippen LogP contribution is 2.32. The standard InChI is InChI=1S/C21H23N5O/c1-13-8-15(16-9-14(2)20-22-12-23-25(20)11-16)10-18-19(13)26(21(27)24-18)17-6-4-3-5-7-17/h8-12,17H,3-7H2,1-2H3,(H,24,27). The van der Waals surface area contributed by atoms with Crippen LogP contribution in [0.1, 0.15) is 49.3 Å². The quantitative estimate of drug-likeness (QED) is 0.583. The van der Waals surface area contributed by atoms with Crippen molar-refractivity contribution in [3.63, 3.8) is 0 Å². The number of benzene rings is 1. The fourth-order valence-corrected chi connectivity index (χ4v) is 4.58. The normalized spacial score (nSPS) is 15.8. The van der Waals surface area contributed by atoms with Crippen molar-refractivity contribution in [2.45, 2.75) is 52.0 Å². The van der Waals surface area contributed by atoms with Crippen LogP contribution in [0.3, 0.4) is 0 Å². The summed E-state index contributed by atoms with van der Waals surface area (Å²) in [4.78, 5) is 20.1. The average Bonchev–Trinajstić information content (AvgIpc) is 3.26. The zero-order chi connectivity index (χ0) is 18.5. The molecule has 0 atom stereocenters. The fraction of sp³-hybridized carbons (Fsp3) is 0.381. The van der Waals surface area contributed by atoms with E-state index in [9.17, 15) is 4.79 Å². The number of aromatic nitrogens is 5. The first kappa shape index (κ1) is 16.3. The smallest absolute Gasteiger partial charge is 0.305 e. The summed E-state index contributed by atoms with van der Waals surface area (Å²) in [5.74, 6) is 0. The maximum Gasteiger partial charge on any atom is 0.326 e. The highest BCUT2D eigenvalue weighted by molar-refractivity contribution is 5.85. The van der Waals surface area contributed by atoms with Crippen molar-refractivity contribution in [2.24, 2.45) is 0 Å². The number of aryl methyl sites for hydroxylation is 2. The van der Waals surface area contributed by atoms with Crippen LogP contribution in [0.4, 0.5) is 0 Å². The lowest BCUT2D eigenvalue weighted by atomic mass is 9.95. The molecule has 1 aliphatic rings. The van der Waals surface area contributed by atoms with E-state index in [0.29, 0.717) is 6.04 Å². The summed E-state index contributed by atoms with van der Waals surface area (Å²) in [7, 11) is 0. The Morgan fingerprint density at radius 1 is 1.04 bits per heavy atom. The monoisotopic (exact) mass is 361 g/mol. The van der Waals surface area contributed by atoms with Gasteiger partial charge in [0.15, 0.2) is 5.65 Å². The minimum Gasteiger partial charge on any atom is -0.305 e. The van der Waals surface area contributed by atoms with E-state index in [1.807, 2.05) is 17.7 Å². The highest BCUT2D eigenvalue weighted by atomic mass is 16.1. The van der Waals surface area contributed by atoms with Crippen LogP contribution in [-0.2, 0) is 0 Å². The lowest BCUT2D eigenvalue weighted by Crippen LogP contribution is -2.24. The van der Waals surface area contributed by atoms with Crippen LogP contribution in [0.5, 0.6) is 0 Å². The molecule has 6 heteroatoms. The van der Waals surface area contributed by atoms with Crippen molar-refractivity contribution < 1.29 is 0 Å². The molecule has 3 heterocycles. The molecule has 138 valence electrons. The summed E-state index contributed by atoms with van der Waals surface area (Å²) in [5, 5.41) is 4.27. The molecule has 1 aromatic carbocycles. The summed E-state index contributed by atoms with van der Waals surface area (Å²) in [6.45, 7) is 4.14. The molecule has 0 aliphatic heterocycles. The van der Waals surface area contributed by atoms with Crippen LogP contribution in [0.15, 0.2) is 35.5 Å². The average molecular weight is 361 g/mol. The molecular formula is C21H23N5O. The van der Waals surface area contributed by atoms with E-state index in [0.717, 1.165) is 51.8 Å². The SMILES string of the molecule is Cc1cc(-c2cc(C)c3ncnn3c2)cc2[nH]c(=O)n(C3CCCCC3)c12. The fourth-order valence-electron chi connectivity index (χ4n) is 4.58. The molecule has 1 N–H and O–H groups in total. The summed E-state index contributed by atoms with van der Waals surface area (Å²) < 4.78 is 3.81. The van der Waals surface area contributed by atoms with Gasteiger partial charge in [-0.05, 0) is 61.6 Å². The minimum absolute atomic E-state index is 0.0139. The van der Waals surface area contributed by atoms with E-state index in [2.05, 4.69) is 40.2 Å². The predicted molar refractivity (Wildman–Crippen MR) is 106 cm³/mol. The second kappa shape index (κ2) is 6.08. The Bertz CT molecular complexity index is 1210. The minimum atomic E-state index is 0.0139. The van der Waals surface area contributed by atoms with Crippen LogP contribution >= 0.6 is 0 Å². The molecule has 6 nitrogen and oxygen atoms in total. The van der Waals surface area contributed by atoms with Gasteiger partial charge in [0.1, 0.15) is 6.33 Å². The second-order valence-corrected chi connectivity index (χ2v) is 7.72. The van der Waals surface area contributed by atoms with E-state index in [-0.39, 0.29) is 5.69 Å². The molecule has 0 unspecified atom stereocenters. The van der Waals surface area contributed by atoms with Gasteiger partial charge in [-0.2, -0.15) is 5.10 Å². The van der Waals surface area contributed by atoms with Gasteiger partial charge >= 0.3 is 5.69 Å². The molecule has 27 heavy (non-hydrogen) atoms. The number of imidazole rings is 1. The first-order chi connectivity index (χ1) is 13.1. The Hall–Kier alpha value is -2.89. The van der Waals surface area contributed by atoms with Gasteiger partial charge in [0.25, 0.3) is 0 Å². The van der Waals surface area contributed by atoms with Gasteiger partial charge in [-0.15, -0.1) is 0 Å². The van der Waals surface area contributed by atoms with Crippen molar-refractivity contribution in [3.8, 4) is 11.1 Å². The Morgan fingerprint density at radius 3 is 2.63 bits per heavy atom. The topological polar surface area (TPSA) is 68.0 Å². The van der Waals surface area contributed by atoms with Crippen LogP contribution < -0.4 is 5.69 Å². The molecule has 1 saturated carbocycles. The van der Waals surface area contributed by atoms with Crippen molar-refractivity contribution in [1.29, 1.82) is 0 Å². The number of hydrogen-bond donors (Lipinski definition) is 1. The Morgan fingerprint density at radius 2 is 1.81 bits per heavy atom. The number of hydrogen-bond acceptors (Lipinski definition) is 3. The van der Waals surface area contributed by atoms with Gasteiger partial charge in [-0.1, -0.05) is 19.3 Å². The molecule has 1 fully saturated rings. The molecule has 0 saturated heterocycles. The molecule has 5 rings (SSSR count). The maximum absolute atomic E-state index is 12.7. The number of nitrogens with one attached hydrogen (secondary N) is 1. The highest BCUT2D eigenvalue weighted by Gasteiger charge is 2.21. The van der Waals surface area contributed by atoms with Crippen LogP contribution in [0.25, 0.3) is 27.8 Å². The van der Waals surface area contributed by atoms with E-state index in [4.69, 9.17) is 0 Å². The Kier molecular flexibility index (Phi) is 3.67. The molecule has 3 aromatic heterocycles. The third-order valence-electron chi connectivity index (χ3n) is 5.83. The predicted octanol–water partition coefficient (Wildman–Crippen LogP) is 4.16. The van der Waals surface area contributed by atoms with Gasteiger partial charge in [0.05, 0.1) is 11.0 Å². The maximum atomic E-state index is 12.7. The first-order valence-electron chi connectivity index (χ1n) is 9.67. The largest absolute Gasteiger partial charge is 0.326 e. The first-order valence-corrected chi connectivity index (χ1v) is 9.67. The van der Waals surface area contributed by atoms with Gasteiger partial charge in [-0.3, -0.25) is 4.57 Å². The molecule has 0 radical (unpaired) electrons. The number of H-pyrrole nitrogens is 1. The number of fused-ring (bicyclic) bond motifs is 2. The van der Waals surface area contributed by atoms with Crippen molar-refractivity contribution in [2.75, 3.05) is 0 Å². The zero-order valence-electron chi connectivity index (χ0n) is 15.7. The third kappa shape index (κ3) is 2.59. The molecule has 0 spiro atoms. The second-order valence-electron chi connectivity index (χ2n) is 7.72. The van der Waals surface area contributed by atoms with E-state index in [1.165, 1.54) is 19.3 Å². The van der Waals surface area contributed by atoms with Crippen molar-refractivity contribution in [3.05, 3.63) is 52.3 Å². The lowest BCUT2D eigenvalue weighted by Gasteiger charge is -2.23. The van der Waals surface area contributed by atoms with Crippen LogP contribution in [0, 0.1) is 13.8 Å². The number of pyridine rings is 1. The summed E-state index contributed by atoms with van der Waals surface area (Å²) in [6.07, 6.45) is 9.44. The van der Waals surface area contributed by atoms with Crippen molar-refractivity contribution in [1.82, 2.24) is 24.1 Å². The van der Waals surface area contributed by atoms with Gasteiger partial charge in [0.2, 0.25) is 0 Å². The third-order valence-corrected chi connectivity index (χ3v) is 5.83. The summed E-state index contributed by atoms with van der Waals surface area (Å²) >= 11 is 0. The zero-order valence-corrected chi connectivity index (χ0v) is 15.7. The molecule has 1 aliphatic carbocycles. The van der Waals surface area contributed by atoms with Crippen molar-refractivity contribution >= 4 is 16.7 Å². The van der Waals surface area contributed by atoms with Gasteiger partial charge < -0.3 is 4.98 Å². The van der Waals surface area contributed by atoms with Crippen LogP contribution in [0.2, 0.25) is 0 Å². The molecule has 0 amide bonds. The Balaban J connectivity index is 1.68. The number of nitrogens with zero attached hydrogens (tertiary/aromatic N) is 4. The lowest BCUT2D eigenvalue weighted by molar-refractivity contribution is 0.353. The molecule has 4 aromatic rings. The number of rotatable bonds is 2. The van der Waals surface area contributed by atoms with Gasteiger partial charge in [0, 0.05) is 17.8 Å². The summed E-state index contributed by atoms with van der Waals surface area (Å²) in [5.41, 5.74) is 7.21. The molecular weight excluding hydrogens is 338 g/mol. The van der Waals surface area contributed by atoms with Crippen LogP contribution in [-0.4, -0.2) is 24.1 Å². The molecule has 0 bridgehead atoms. The number of aromatic amines is 1. The van der Waals surface area contributed by atoms with E-state index in [1.54, 1.807) is 10.8 Å².